The molecule has 3 amide bonds. The van der Waals surface area contributed by atoms with Crippen molar-refractivity contribution in [2.24, 2.45) is 4.99 Å². The summed E-state index contributed by atoms with van der Waals surface area (Å²) in [5.41, 5.74) is 4.23. The number of rotatable bonds is 6. The topological polar surface area (TPSA) is 91.7 Å². The maximum atomic E-state index is 12.9. The fourth-order valence-corrected chi connectivity index (χ4v) is 3.51. The zero-order valence-electron chi connectivity index (χ0n) is 18.4. The average Bonchev–Trinajstić information content (AvgIpc) is 2.98. The number of aryl methyl sites for hydroxylation is 1. The van der Waals surface area contributed by atoms with Gasteiger partial charge in [0.15, 0.2) is 0 Å². The molecule has 0 saturated carbocycles. The number of nitrogens with one attached hydrogen (secondary N) is 1. The smallest absolute Gasteiger partial charge is 0.261 e. The molecule has 0 saturated heterocycles. The van der Waals surface area contributed by atoms with E-state index >= 15 is 0 Å². The van der Waals surface area contributed by atoms with Gasteiger partial charge in [0.05, 0.1) is 34.6 Å². The first kappa shape index (κ1) is 22.1. The molecular formula is C24H28N4O3. The van der Waals surface area contributed by atoms with E-state index in [9.17, 15) is 14.4 Å². The Morgan fingerprint density at radius 1 is 1.29 bits per heavy atom. The number of aromatic nitrogens is 1. The van der Waals surface area contributed by atoms with Gasteiger partial charge in [-0.2, -0.15) is 0 Å². The quantitative estimate of drug-likeness (QED) is 0.563. The number of fused-ring (bicyclic) bond motifs is 1. The van der Waals surface area contributed by atoms with Gasteiger partial charge >= 0.3 is 0 Å². The Kier molecular flexibility index (Phi) is 6.44. The molecule has 7 nitrogen and oxygen atoms in total. The van der Waals surface area contributed by atoms with Crippen LogP contribution in [0.3, 0.4) is 0 Å². The molecule has 2 aromatic rings. The molecule has 3 rings (SSSR count). The van der Waals surface area contributed by atoms with Crippen molar-refractivity contribution in [3.63, 3.8) is 0 Å². The standard InChI is InChI=1S/C24H26N4O3.H2/c1-6-16(12-25-7-2)20-9-8-17(13-26-20)27-22(29)15(4)18-10-14(3)11-19-21(18)24(31)28(5)23(19)30;/h6,8-13,15H,7H2,1-5H3,(H,27,29);1H/b16-6+,25-12?;/t15-;/m1./s1. The highest BCUT2D eigenvalue weighted by Gasteiger charge is 2.37. The van der Waals surface area contributed by atoms with Crippen LogP contribution in [0.1, 0.15) is 65.7 Å². The third-order valence-corrected chi connectivity index (χ3v) is 5.28. The summed E-state index contributed by atoms with van der Waals surface area (Å²) in [7, 11) is 1.45. The summed E-state index contributed by atoms with van der Waals surface area (Å²) in [5, 5.41) is 2.85. The van der Waals surface area contributed by atoms with Gasteiger partial charge in [0.1, 0.15) is 0 Å². The Bertz CT molecular complexity index is 1110. The average molecular weight is 421 g/mol. The van der Waals surface area contributed by atoms with E-state index in [1.54, 1.807) is 37.5 Å². The van der Waals surface area contributed by atoms with E-state index in [-0.39, 0.29) is 19.1 Å². The number of nitrogens with zero attached hydrogens (tertiary/aromatic N) is 3. The Balaban J connectivity index is 0.00000363. The Hall–Kier alpha value is -3.61. The molecule has 1 atom stereocenters. The fourth-order valence-electron chi connectivity index (χ4n) is 3.51. The molecule has 0 fully saturated rings. The number of hydrogen-bond acceptors (Lipinski definition) is 5. The van der Waals surface area contributed by atoms with Crippen molar-refractivity contribution in [2.75, 3.05) is 18.9 Å². The minimum Gasteiger partial charge on any atom is -0.324 e. The number of amides is 3. The van der Waals surface area contributed by atoms with Crippen LogP contribution in [0.4, 0.5) is 5.69 Å². The molecule has 162 valence electrons. The first-order valence-corrected chi connectivity index (χ1v) is 10.2. The second-order valence-electron chi connectivity index (χ2n) is 7.46. The maximum absolute atomic E-state index is 12.9. The van der Waals surface area contributed by atoms with E-state index in [1.165, 1.54) is 7.05 Å². The van der Waals surface area contributed by atoms with E-state index in [0.29, 0.717) is 28.9 Å². The molecule has 0 aliphatic carbocycles. The molecule has 1 aliphatic rings. The van der Waals surface area contributed by atoms with Gasteiger partial charge in [0, 0.05) is 26.8 Å². The van der Waals surface area contributed by atoms with Crippen LogP contribution in [-0.2, 0) is 4.79 Å². The number of imide groups is 1. The van der Waals surface area contributed by atoms with Crippen molar-refractivity contribution in [1.29, 1.82) is 0 Å². The third kappa shape index (κ3) is 4.30. The van der Waals surface area contributed by atoms with Gasteiger partial charge in [-0.05, 0) is 57.0 Å². The first-order valence-electron chi connectivity index (χ1n) is 10.2. The third-order valence-electron chi connectivity index (χ3n) is 5.28. The highest BCUT2D eigenvalue weighted by atomic mass is 16.2. The SMILES string of the molecule is C/C=C(\C=NCC)c1ccc(NC(=O)[C@H](C)c2cc(C)cc3c2C(=O)N(C)C3=O)cn1.[HH]. The number of benzene rings is 1. The van der Waals surface area contributed by atoms with Crippen LogP contribution in [0, 0.1) is 6.92 Å². The second kappa shape index (κ2) is 9.04. The largest absolute Gasteiger partial charge is 0.324 e. The van der Waals surface area contributed by atoms with Gasteiger partial charge in [-0.1, -0.05) is 12.1 Å². The minimum atomic E-state index is -0.626. The number of aliphatic imine (C=N–C) groups is 1. The summed E-state index contributed by atoms with van der Waals surface area (Å²) < 4.78 is 0. The number of anilines is 1. The number of carbonyl (C=O) groups excluding carboxylic acids is 3. The molecule has 0 bridgehead atoms. The minimum absolute atomic E-state index is 0. The van der Waals surface area contributed by atoms with Crippen molar-refractivity contribution in [3.05, 3.63) is 64.5 Å². The van der Waals surface area contributed by atoms with Gasteiger partial charge in [0.2, 0.25) is 5.91 Å². The van der Waals surface area contributed by atoms with Crippen molar-refractivity contribution in [2.45, 2.75) is 33.6 Å². The van der Waals surface area contributed by atoms with Gasteiger partial charge in [0.25, 0.3) is 11.8 Å². The van der Waals surface area contributed by atoms with Crippen LogP contribution in [0.5, 0.6) is 0 Å². The van der Waals surface area contributed by atoms with Crippen molar-refractivity contribution in [1.82, 2.24) is 9.88 Å². The highest BCUT2D eigenvalue weighted by Crippen LogP contribution is 2.32. The highest BCUT2D eigenvalue weighted by molar-refractivity contribution is 6.22. The van der Waals surface area contributed by atoms with Crippen LogP contribution >= 0.6 is 0 Å². The van der Waals surface area contributed by atoms with Crippen LogP contribution in [0.25, 0.3) is 5.57 Å². The Morgan fingerprint density at radius 3 is 2.65 bits per heavy atom. The number of pyridine rings is 1. The number of hydrogen-bond donors (Lipinski definition) is 1. The lowest BCUT2D eigenvalue weighted by molar-refractivity contribution is -0.117. The molecule has 0 spiro atoms. The normalized spacial score (nSPS) is 14.9. The van der Waals surface area contributed by atoms with Crippen LogP contribution in [0.15, 0.2) is 41.5 Å². The summed E-state index contributed by atoms with van der Waals surface area (Å²) in [6.45, 7) is 8.13. The lowest BCUT2D eigenvalue weighted by atomic mass is 9.90. The maximum Gasteiger partial charge on any atom is 0.261 e. The summed E-state index contributed by atoms with van der Waals surface area (Å²) in [4.78, 5) is 47.6. The van der Waals surface area contributed by atoms with Crippen molar-refractivity contribution < 1.29 is 15.8 Å². The van der Waals surface area contributed by atoms with E-state index in [4.69, 9.17) is 0 Å². The molecule has 0 unspecified atom stereocenters. The summed E-state index contributed by atoms with van der Waals surface area (Å²) in [6.07, 6.45) is 5.29. The first-order chi connectivity index (χ1) is 14.8. The molecule has 1 N–H and O–H groups in total. The molecule has 1 aliphatic heterocycles. The van der Waals surface area contributed by atoms with Gasteiger partial charge in [-0.3, -0.25) is 29.3 Å². The number of allylic oxidation sites excluding steroid dienone is 2. The molecule has 1 aromatic heterocycles. The molecular weight excluding hydrogens is 392 g/mol. The van der Waals surface area contributed by atoms with Crippen molar-refractivity contribution >= 4 is 35.2 Å². The number of carbonyl (C=O) groups is 3. The summed E-state index contributed by atoms with van der Waals surface area (Å²) in [6, 6.07) is 7.08. The van der Waals surface area contributed by atoms with E-state index in [2.05, 4.69) is 15.3 Å². The van der Waals surface area contributed by atoms with Gasteiger partial charge in [-0.15, -0.1) is 0 Å². The zero-order valence-corrected chi connectivity index (χ0v) is 18.4. The molecule has 31 heavy (non-hydrogen) atoms. The van der Waals surface area contributed by atoms with Crippen LogP contribution < -0.4 is 5.32 Å². The Labute approximate surface area is 183 Å². The lowest BCUT2D eigenvalue weighted by Gasteiger charge is -2.16. The zero-order chi connectivity index (χ0) is 22.7. The molecule has 0 radical (unpaired) electrons. The summed E-state index contributed by atoms with van der Waals surface area (Å²) >= 11 is 0. The predicted octanol–water partition coefficient (Wildman–Crippen LogP) is 4.10. The molecule has 7 heteroatoms. The second-order valence-corrected chi connectivity index (χ2v) is 7.46. The van der Waals surface area contributed by atoms with Gasteiger partial charge in [-0.25, -0.2) is 0 Å². The van der Waals surface area contributed by atoms with E-state index in [1.807, 2.05) is 32.9 Å². The monoisotopic (exact) mass is 420 g/mol. The van der Waals surface area contributed by atoms with Gasteiger partial charge < -0.3 is 5.32 Å². The van der Waals surface area contributed by atoms with E-state index in [0.717, 1.165) is 21.7 Å². The molecule has 1 aromatic carbocycles. The van der Waals surface area contributed by atoms with E-state index < -0.39 is 5.92 Å². The Morgan fingerprint density at radius 2 is 2.03 bits per heavy atom. The molecule has 2 heterocycles. The van der Waals surface area contributed by atoms with Crippen LogP contribution in [0.2, 0.25) is 0 Å². The van der Waals surface area contributed by atoms with Crippen molar-refractivity contribution in [3.8, 4) is 0 Å². The fraction of sp³-hybridized carbons (Fsp3) is 0.292. The predicted molar refractivity (Wildman–Crippen MR) is 124 cm³/mol. The lowest BCUT2D eigenvalue weighted by Crippen LogP contribution is -2.25. The summed E-state index contributed by atoms with van der Waals surface area (Å²) in [5.74, 6) is -1.63. The van der Waals surface area contributed by atoms with Crippen LogP contribution in [-0.4, -0.2) is 47.4 Å².